The van der Waals surface area contributed by atoms with Crippen LogP contribution in [0.15, 0.2) is 48.5 Å². The molecule has 28 heavy (non-hydrogen) atoms. The van der Waals surface area contributed by atoms with E-state index in [0.717, 1.165) is 17.1 Å². The molecule has 0 saturated carbocycles. The number of anilines is 2. The van der Waals surface area contributed by atoms with Gasteiger partial charge in [0, 0.05) is 22.9 Å². The van der Waals surface area contributed by atoms with Crippen LogP contribution in [0.5, 0.6) is 0 Å². The Bertz CT molecular complexity index is 1010. The molecule has 0 unspecified atom stereocenters. The van der Waals surface area contributed by atoms with Gasteiger partial charge in [0.25, 0.3) is 5.91 Å². The summed E-state index contributed by atoms with van der Waals surface area (Å²) in [6.45, 7) is 0.249. The Morgan fingerprint density at radius 3 is 2.36 bits per heavy atom. The molecule has 0 radical (unpaired) electrons. The van der Waals surface area contributed by atoms with Crippen LogP contribution in [0.3, 0.4) is 0 Å². The number of carbonyl (C=O) groups excluding carboxylic acids is 2. The molecule has 3 amide bonds. The molecule has 2 aromatic carbocycles. The van der Waals surface area contributed by atoms with Crippen LogP contribution in [0.2, 0.25) is 15.2 Å². The van der Waals surface area contributed by atoms with Gasteiger partial charge in [0.2, 0.25) is 0 Å². The van der Waals surface area contributed by atoms with Gasteiger partial charge in [0.05, 0.1) is 0 Å². The van der Waals surface area contributed by atoms with Gasteiger partial charge in [-0.2, -0.15) is 4.37 Å². The summed E-state index contributed by atoms with van der Waals surface area (Å²) >= 11 is 18.5. The second-order valence-electron chi connectivity index (χ2n) is 5.59. The van der Waals surface area contributed by atoms with Gasteiger partial charge >= 0.3 is 6.03 Å². The maximum Gasteiger partial charge on any atom is 0.323 e. The number of benzene rings is 2. The standard InChI is InChI=1S/C18H13Cl3N4O2S/c19-11-4-6-12(7-5-11)23-18(27)24-13-3-1-2-10(8-13)9-22-17(26)15-14(20)16(21)25-28-15/h1-8H,9H2,(H,22,26)(H2,23,24,27). The van der Waals surface area contributed by atoms with Gasteiger partial charge in [0.15, 0.2) is 5.15 Å². The average molecular weight is 456 g/mol. The minimum absolute atomic E-state index is 0.106. The average Bonchev–Trinajstić information content (AvgIpc) is 3.01. The van der Waals surface area contributed by atoms with E-state index in [2.05, 4.69) is 20.3 Å². The third-order valence-electron chi connectivity index (χ3n) is 3.54. The molecule has 0 aliphatic rings. The first-order valence-electron chi connectivity index (χ1n) is 7.94. The van der Waals surface area contributed by atoms with Crippen LogP contribution in [0.1, 0.15) is 15.2 Å². The van der Waals surface area contributed by atoms with Crippen LogP contribution in [-0.2, 0) is 6.54 Å². The Kier molecular flexibility index (Phi) is 6.74. The van der Waals surface area contributed by atoms with Crippen molar-refractivity contribution in [2.75, 3.05) is 10.6 Å². The summed E-state index contributed by atoms with van der Waals surface area (Å²) < 4.78 is 3.83. The SMILES string of the molecule is O=C(Nc1ccc(Cl)cc1)Nc1cccc(CNC(=O)c2snc(Cl)c2Cl)c1. The van der Waals surface area contributed by atoms with E-state index in [1.165, 1.54) is 0 Å². The van der Waals surface area contributed by atoms with Crippen molar-refractivity contribution in [1.82, 2.24) is 9.69 Å². The van der Waals surface area contributed by atoms with Crippen molar-refractivity contribution in [2.45, 2.75) is 6.54 Å². The zero-order chi connectivity index (χ0) is 20.1. The predicted molar refractivity (Wildman–Crippen MR) is 114 cm³/mol. The van der Waals surface area contributed by atoms with Crippen molar-refractivity contribution in [2.24, 2.45) is 0 Å². The summed E-state index contributed by atoms with van der Waals surface area (Å²) in [6, 6.07) is 13.5. The first kappa shape index (κ1) is 20.4. The number of rotatable bonds is 5. The van der Waals surface area contributed by atoms with E-state index in [1.54, 1.807) is 42.5 Å². The van der Waals surface area contributed by atoms with Gasteiger partial charge in [-0.05, 0) is 53.5 Å². The second-order valence-corrected chi connectivity index (χ2v) is 7.53. The van der Waals surface area contributed by atoms with Crippen LogP contribution in [0.4, 0.5) is 16.2 Å². The molecule has 1 aromatic heterocycles. The summed E-state index contributed by atoms with van der Waals surface area (Å²) in [4.78, 5) is 24.5. The number of aromatic nitrogens is 1. The third-order valence-corrected chi connectivity index (χ3v) is 5.59. The van der Waals surface area contributed by atoms with Gasteiger partial charge in [-0.25, -0.2) is 4.79 Å². The smallest absolute Gasteiger partial charge is 0.323 e. The maximum absolute atomic E-state index is 12.2. The Morgan fingerprint density at radius 1 is 0.964 bits per heavy atom. The second kappa shape index (κ2) is 9.25. The molecule has 1 heterocycles. The van der Waals surface area contributed by atoms with Crippen LogP contribution >= 0.6 is 46.3 Å². The lowest BCUT2D eigenvalue weighted by Crippen LogP contribution is -2.22. The highest BCUT2D eigenvalue weighted by Crippen LogP contribution is 2.28. The fourth-order valence-electron chi connectivity index (χ4n) is 2.25. The molecule has 10 heteroatoms. The van der Waals surface area contributed by atoms with Crippen molar-refractivity contribution < 1.29 is 9.59 Å². The molecule has 0 aliphatic heterocycles. The van der Waals surface area contributed by atoms with Gasteiger partial charge < -0.3 is 16.0 Å². The molecule has 3 rings (SSSR count). The van der Waals surface area contributed by atoms with E-state index < -0.39 is 6.03 Å². The first-order chi connectivity index (χ1) is 13.4. The normalized spacial score (nSPS) is 10.4. The molecular weight excluding hydrogens is 443 g/mol. The minimum atomic E-state index is -0.394. The minimum Gasteiger partial charge on any atom is -0.347 e. The molecule has 3 aromatic rings. The Hall–Kier alpha value is -2.32. The molecule has 3 N–H and O–H groups in total. The quantitative estimate of drug-likeness (QED) is 0.463. The fourth-order valence-corrected chi connectivity index (χ4v) is 3.51. The zero-order valence-corrected chi connectivity index (χ0v) is 17.2. The number of amides is 3. The Balaban J connectivity index is 1.57. The first-order valence-corrected chi connectivity index (χ1v) is 9.84. The lowest BCUT2D eigenvalue weighted by Gasteiger charge is -2.10. The molecule has 0 saturated heterocycles. The van der Waals surface area contributed by atoms with E-state index >= 15 is 0 Å². The number of hydrogen-bond acceptors (Lipinski definition) is 4. The van der Waals surface area contributed by atoms with Gasteiger partial charge in [-0.3, -0.25) is 4.79 Å². The van der Waals surface area contributed by atoms with Gasteiger partial charge in [-0.1, -0.05) is 46.9 Å². The number of carbonyl (C=O) groups is 2. The fraction of sp³-hybridized carbons (Fsp3) is 0.0556. The number of nitrogens with zero attached hydrogens (tertiary/aromatic N) is 1. The number of nitrogens with one attached hydrogen (secondary N) is 3. The van der Waals surface area contributed by atoms with E-state index in [-0.39, 0.29) is 27.5 Å². The largest absolute Gasteiger partial charge is 0.347 e. The van der Waals surface area contributed by atoms with E-state index in [9.17, 15) is 9.59 Å². The van der Waals surface area contributed by atoms with E-state index in [0.29, 0.717) is 16.4 Å². The molecule has 0 atom stereocenters. The van der Waals surface area contributed by atoms with Crippen molar-refractivity contribution in [1.29, 1.82) is 0 Å². The van der Waals surface area contributed by atoms with Crippen LogP contribution in [0.25, 0.3) is 0 Å². The van der Waals surface area contributed by atoms with E-state index in [1.807, 2.05) is 6.07 Å². The lowest BCUT2D eigenvalue weighted by atomic mass is 10.2. The Morgan fingerprint density at radius 2 is 1.68 bits per heavy atom. The summed E-state index contributed by atoms with van der Waals surface area (Å²) in [7, 11) is 0. The van der Waals surface area contributed by atoms with Crippen LogP contribution < -0.4 is 16.0 Å². The molecule has 0 spiro atoms. The summed E-state index contributed by atoms with van der Waals surface area (Å²) in [5, 5.41) is 9.01. The van der Waals surface area contributed by atoms with E-state index in [4.69, 9.17) is 34.8 Å². The molecule has 0 fully saturated rings. The van der Waals surface area contributed by atoms with Crippen molar-refractivity contribution in [3.63, 3.8) is 0 Å². The highest BCUT2D eigenvalue weighted by atomic mass is 35.5. The Labute approximate surface area is 180 Å². The van der Waals surface area contributed by atoms with Crippen molar-refractivity contribution in [3.05, 3.63) is 74.2 Å². The predicted octanol–water partition coefficient (Wildman–Crippen LogP) is 5.68. The van der Waals surface area contributed by atoms with Crippen molar-refractivity contribution >= 4 is 69.6 Å². The van der Waals surface area contributed by atoms with Crippen LogP contribution in [-0.4, -0.2) is 16.3 Å². The number of halogens is 3. The summed E-state index contributed by atoms with van der Waals surface area (Å²) in [5.74, 6) is -0.367. The highest BCUT2D eigenvalue weighted by molar-refractivity contribution is 7.09. The third kappa shape index (κ3) is 5.36. The highest BCUT2D eigenvalue weighted by Gasteiger charge is 2.17. The summed E-state index contributed by atoms with van der Waals surface area (Å²) in [5.41, 5.74) is 1.99. The monoisotopic (exact) mass is 454 g/mol. The van der Waals surface area contributed by atoms with Gasteiger partial charge in [0.1, 0.15) is 9.90 Å². The number of urea groups is 1. The zero-order valence-electron chi connectivity index (χ0n) is 14.1. The molecular formula is C18H13Cl3N4O2S. The molecule has 0 bridgehead atoms. The molecule has 6 nitrogen and oxygen atoms in total. The topological polar surface area (TPSA) is 83.1 Å². The molecule has 144 valence electrons. The van der Waals surface area contributed by atoms with Crippen LogP contribution in [0, 0.1) is 0 Å². The lowest BCUT2D eigenvalue weighted by molar-refractivity contribution is 0.0955. The van der Waals surface area contributed by atoms with Gasteiger partial charge in [-0.15, -0.1) is 0 Å². The van der Waals surface area contributed by atoms with Crippen molar-refractivity contribution in [3.8, 4) is 0 Å². The maximum atomic E-state index is 12.2. The number of hydrogen-bond donors (Lipinski definition) is 3. The summed E-state index contributed by atoms with van der Waals surface area (Å²) in [6.07, 6.45) is 0. The molecule has 0 aliphatic carbocycles.